The summed E-state index contributed by atoms with van der Waals surface area (Å²) in [6.07, 6.45) is 6.28. The molecule has 0 unspecified atom stereocenters. The standard InChI is InChI=1S/C13H22N4O2/c1-2-11-14-12(16-15-11)13(19)17(8-9-18)10-6-4-3-5-7-10/h10,18H,2-9H2,1H3,(H,14,15,16). The molecule has 6 heteroatoms. The number of nitrogens with zero attached hydrogens (tertiary/aromatic N) is 3. The molecule has 1 saturated carbocycles. The van der Waals surface area contributed by atoms with Gasteiger partial charge in [0.2, 0.25) is 5.82 Å². The van der Waals surface area contributed by atoms with Gasteiger partial charge in [0.15, 0.2) is 0 Å². The fourth-order valence-corrected chi connectivity index (χ4v) is 2.63. The zero-order valence-corrected chi connectivity index (χ0v) is 11.4. The largest absolute Gasteiger partial charge is 0.395 e. The summed E-state index contributed by atoms with van der Waals surface area (Å²) >= 11 is 0. The van der Waals surface area contributed by atoms with Crippen LogP contribution in [0.1, 0.15) is 55.5 Å². The van der Waals surface area contributed by atoms with Crippen molar-refractivity contribution < 1.29 is 9.90 Å². The van der Waals surface area contributed by atoms with Crippen molar-refractivity contribution in [2.75, 3.05) is 13.2 Å². The van der Waals surface area contributed by atoms with Crippen LogP contribution in [0, 0.1) is 0 Å². The highest BCUT2D eigenvalue weighted by Crippen LogP contribution is 2.23. The highest BCUT2D eigenvalue weighted by molar-refractivity contribution is 5.90. The molecule has 0 spiro atoms. The summed E-state index contributed by atoms with van der Waals surface area (Å²) in [5.74, 6) is 0.767. The highest BCUT2D eigenvalue weighted by atomic mass is 16.3. The molecular weight excluding hydrogens is 244 g/mol. The number of hydrogen-bond acceptors (Lipinski definition) is 4. The zero-order chi connectivity index (χ0) is 13.7. The normalized spacial score (nSPS) is 16.5. The Hall–Kier alpha value is -1.43. The van der Waals surface area contributed by atoms with Crippen molar-refractivity contribution in [3.05, 3.63) is 11.6 Å². The second-order valence-electron chi connectivity index (χ2n) is 4.97. The van der Waals surface area contributed by atoms with E-state index in [1.165, 1.54) is 6.42 Å². The Morgan fingerprint density at radius 2 is 2.16 bits per heavy atom. The Morgan fingerprint density at radius 1 is 1.42 bits per heavy atom. The number of carbonyl (C=O) groups excluding carboxylic acids is 1. The number of amides is 1. The van der Waals surface area contributed by atoms with Crippen molar-refractivity contribution in [2.45, 2.75) is 51.5 Å². The molecule has 2 rings (SSSR count). The molecule has 0 aliphatic heterocycles. The third-order valence-corrected chi connectivity index (χ3v) is 3.68. The molecule has 1 aromatic rings. The summed E-state index contributed by atoms with van der Waals surface area (Å²) in [6.45, 7) is 2.30. The fourth-order valence-electron chi connectivity index (χ4n) is 2.63. The molecule has 1 heterocycles. The number of aromatic amines is 1. The lowest BCUT2D eigenvalue weighted by Gasteiger charge is -2.33. The number of aryl methyl sites for hydroxylation is 1. The summed E-state index contributed by atoms with van der Waals surface area (Å²) in [5, 5.41) is 15.9. The van der Waals surface area contributed by atoms with Crippen LogP contribution in [0.5, 0.6) is 0 Å². The van der Waals surface area contributed by atoms with Crippen molar-refractivity contribution >= 4 is 5.91 Å². The predicted octanol–water partition coefficient (Wildman–Crippen LogP) is 1.13. The minimum absolute atomic E-state index is 0.0205. The number of aliphatic hydroxyl groups is 1. The van der Waals surface area contributed by atoms with Crippen LogP contribution >= 0.6 is 0 Å². The van der Waals surface area contributed by atoms with Gasteiger partial charge < -0.3 is 10.0 Å². The lowest BCUT2D eigenvalue weighted by molar-refractivity contribution is 0.0573. The van der Waals surface area contributed by atoms with Gasteiger partial charge >= 0.3 is 0 Å². The number of H-pyrrole nitrogens is 1. The van der Waals surface area contributed by atoms with Crippen LogP contribution in [-0.4, -0.2) is 50.3 Å². The SMILES string of the molecule is CCc1nc(C(=O)N(CCO)C2CCCCC2)n[nH]1. The van der Waals surface area contributed by atoms with Gasteiger partial charge in [0.05, 0.1) is 6.61 Å². The Morgan fingerprint density at radius 3 is 2.74 bits per heavy atom. The number of aliphatic hydroxyl groups excluding tert-OH is 1. The molecule has 0 radical (unpaired) electrons. The van der Waals surface area contributed by atoms with Gasteiger partial charge in [-0.25, -0.2) is 4.98 Å². The summed E-state index contributed by atoms with van der Waals surface area (Å²) in [4.78, 5) is 18.4. The first-order valence-corrected chi connectivity index (χ1v) is 7.09. The topological polar surface area (TPSA) is 82.1 Å². The second kappa shape index (κ2) is 6.65. The number of hydrogen-bond donors (Lipinski definition) is 2. The molecule has 1 fully saturated rings. The Kier molecular flexibility index (Phi) is 4.90. The maximum absolute atomic E-state index is 12.4. The number of rotatable bonds is 5. The molecule has 19 heavy (non-hydrogen) atoms. The molecule has 0 saturated heterocycles. The van der Waals surface area contributed by atoms with Crippen LogP contribution in [0.25, 0.3) is 0 Å². The second-order valence-corrected chi connectivity index (χ2v) is 4.97. The molecule has 6 nitrogen and oxygen atoms in total. The molecule has 1 amide bonds. The van der Waals surface area contributed by atoms with Gasteiger partial charge in [-0.15, -0.1) is 5.10 Å². The van der Waals surface area contributed by atoms with E-state index in [9.17, 15) is 9.90 Å². The van der Waals surface area contributed by atoms with Crippen LogP contribution in [0.15, 0.2) is 0 Å². The van der Waals surface area contributed by atoms with Crippen molar-refractivity contribution in [3.8, 4) is 0 Å². The minimum atomic E-state index is -0.170. The third kappa shape index (κ3) is 3.32. The first kappa shape index (κ1) is 14.0. The molecule has 1 aromatic heterocycles. The van der Waals surface area contributed by atoms with E-state index in [1.54, 1.807) is 4.90 Å². The third-order valence-electron chi connectivity index (χ3n) is 3.68. The van der Waals surface area contributed by atoms with Gasteiger partial charge in [0.1, 0.15) is 5.82 Å². The van der Waals surface area contributed by atoms with Gasteiger partial charge in [-0.2, -0.15) is 0 Å². The van der Waals surface area contributed by atoms with E-state index >= 15 is 0 Å². The van der Waals surface area contributed by atoms with Crippen molar-refractivity contribution in [1.29, 1.82) is 0 Å². The van der Waals surface area contributed by atoms with E-state index in [-0.39, 0.29) is 24.4 Å². The van der Waals surface area contributed by atoms with Crippen LogP contribution in [0.2, 0.25) is 0 Å². The van der Waals surface area contributed by atoms with Gasteiger partial charge in [0, 0.05) is 19.0 Å². The predicted molar refractivity (Wildman–Crippen MR) is 70.8 cm³/mol. The monoisotopic (exact) mass is 266 g/mol. The number of carbonyl (C=O) groups is 1. The van der Waals surface area contributed by atoms with Gasteiger partial charge in [-0.05, 0) is 12.8 Å². The Bertz CT molecular complexity index is 413. The van der Waals surface area contributed by atoms with Crippen LogP contribution in [0.4, 0.5) is 0 Å². The van der Waals surface area contributed by atoms with E-state index in [1.807, 2.05) is 6.92 Å². The molecule has 1 aliphatic carbocycles. The van der Waals surface area contributed by atoms with E-state index in [4.69, 9.17) is 0 Å². The molecular formula is C13H22N4O2. The molecule has 0 bridgehead atoms. The average Bonchev–Trinajstić information content (AvgIpc) is 2.94. The van der Waals surface area contributed by atoms with Gasteiger partial charge in [-0.3, -0.25) is 9.89 Å². The van der Waals surface area contributed by atoms with Crippen LogP contribution in [-0.2, 0) is 6.42 Å². The van der Waals surface area contributed by atoms with Crippen LogP contribution < -0.4 is 0 Å². The highest BCUT2D eigenvalue weighted by Gasteiger charge is 2.28. The lowest BCUT2D eigenvalue weighted by atomic mass is 9.94. The van der Waals surface area contributed by atoms with E-state index in [0.717, 1.165) is 37.9 Å². The molecule has 0 atom stereocenters. The molecule has 2 N–H and O–H groups in total. The zero-order valence-electron chi connectivity index (χ0n) is 11.4. The minimum Gasteiger partial charge on any atom is -0.395 e. The van der Waals surface area contributed by atoms with E-state index in [2.05, 4.69) is 15.2 Å². The maximum atomic E-state index is 12.4. The molecule has 1 aliphatic rings. The van der Waals surface area contributed by atoms with Crippen molar-refractivity contribution in [2.24, 2.45) is 0 Å². The lowest BCUT2D eigenvalue weighted by Crippen LogP contribution is -2.43. The number of nitrogens with one attached hydrogen (secondary N) is 1. The smallest absolute Gasteiger partial charge is 0.293 e. The number of aromatic nitrogens is 3. The quantitative estimate of drug-likeness (QED) is 0.837. The van der Waals surface area contributed by atoms with Crippen molar-refractivity contribution in [3.63, 3.8) is 0 Å². The summed E-state index contributed by atoms with van der Waals surface area (Å²) in [7, 11) is 0. The molecule has 106 valence electrons. The maximum Gasteiger partial charge on any atom is 0.293 e. The Labute approximate surface area is 113 Å². The first-order valence-electron chi connectivity index (χ1n) is 7.09. The van der Waals surface area contributed by atoms with Crippen molar-refractivity contribution in [1.82, 2.24) is 20.1 Å². The summed E-state index contributed by atoms with van der Waals surface area (Å²) < 4.78 is 0. The Balaban J connectivity index is 2.10. The van der Waals surface area contributed by atoms with E-state index in [0.29, 0.717) is 6.54 Å². The van der Waals surface area contributed by atoms with E-state index < -0.39 is 0 Å². The first-order chi connectivity index (χ1) is 9.26. The molecule has 0 aromatic carbocycles. The summed E-state index contributed by atoms with van der Waals surface area (Å²) in [6, 6.07) is 0.219. The average molecular weight is 266 g/mol. The van der Waals surface area contributed by atoms with Gasteiger partial charge in [0.25, 0.3) is 5.91 Å². The fraction of sp³-hybridized carbons (Fsp3) is 0.769. The van der Waals surface area contributed by atoms with Crippen LogP contribution in [0.3, 0.4) is 0 Å². The summed E-state index contributed by atoms with van der Waals surface area (Å²) in [5.41, 5.74) is 0. The van der Waals surface area contributed by atoms with Gasteiger partial charge in [-0.1, -0.05) is 26.2 Å².